The molecule has 2 heterocycles. The fourth-order valence-electron chi connectivity index (χ4n) is 2.45. The molecule has 0 bridgehead atoms. The number of nitrogens with one attached hydrogen (secondary N) is 1. The number of carbonyl (C=O) groups excluding carboxylic acids is 4. The van der Waals surface area contributed by atoms with Crippen LogP contribution in [0.25, 0.3) is 0 Å². The predicted molar refractivity (Wildman–Crippen MR) is 96.7 cm³/mol. The quantitative estimate of drug-likeness (QED) is 0.750. The Bertz CT molecular complexity index is 864. The van der Waals surface area contributed by atoms with Crippen LogP contribution in [0.5, 0.6) is 5.75 Å². The summed E-state index contributed by atoms with van der Waals surface area (Å²) < 4.78 is 10.2. The molecule has 1 aliphatic heterocycles. The monoisotopic (exact) mass is 388 g/mol. The highest BCUT2D eigenvalue weighted by molar-refractivity contribution is 7.12. The summed E-state index contributed by atoms with van der Waals surface area (Å²) in [7, 11) is 0. The summed E-state index contributed by atoms with van der Waals surface area (Å²) in [4.78, 5) is 49.1. The van der Waals surface area contributed by atoms with Gasteiger partial charge < -0.3 is 14.4 Å². The lowest BCUT2D eigenvalue weighted by Gasteiger charge is -2.28. The number of thiophene rings is 1. The zero-order valence-corrected chi connectivity index (χ0v) is 15.0. The highest BCUT2D eigenvalue weighted by atomic mass is 32.1. The Morgan fingerprint density at radius 2 is 2.00 bits per heavy atom. The van der Waals surface area contributed by atoms with Crippen molar-refractivity contribution in [3.8, 4) is 5.75 Å². The number of nitrogens with zero attached hydrogens (tertiary/aromatic N) is 1. The molecular weight excluding hydrogens is 372 g/mol. The lowest BCUT2D eigenvalue weighted by atomic mass is 10.2. The molecule has 0 spiro atoms. The molecule has 9 heteroatoms. The molecule has 1 N–H and O–H groups in total. The van der Waals surface area contributed by atoms with Gasteiger partial charge in [-0.05, 0) is 23.6 Å². The van der Waals surface area contributed by atoms with Crippen molar-refractivity contribution in [1.82, 2.24) is 5.32 Å². The van der Waals surface area contributed by atoms with E-state index in [2.05, 4.69) is 5.32 Å². The molecule has 0 saturated heterocycles. The van der Waals surface area contributed by atoms with Crippen LogP contribution in [-0.2, 0) is 19.1 Å². The van der Waals surface area contributed by atoms with Crippen LogP contribution >= 0.6 is 11.3 Å². The first-order valence-corrected chi connectivity index (χ1v) is 8.98. The van der Waals surface area contributed by atoms with Crippen LogP contribution < -0.4 is 15.0 Å². The van der Waals surface area contributed by atoms with Gasteiger partial charge in [-0.15, -0.1) is 11.3 Å². The van der Waals surface area contributed by atoms with Crippen molar-refractivity contribution in [2.75, 3.05) is 24.7 Å². The molecule has 0 atom stereocenters. The normalized spacial score (nSPS) is 12.7. The number of ether oxygens (including phenoxy) is 2. The van der Waals surface area contributed by atoms with Crippen molar-refractivity contribution < 1.29 is 28.7 Å². The number of benzene rings is 1. The van der Waals surface area contributed by atoms with Gasteiger partial charge in [-0.3, -0.25) is 24.5 Å². The third kappa shape index (κ3) is 4.70. The van der Waals surface area contributed by atoms with Crippen LogP contribution in [0.1, 0.15) is 16.1 Å². The summed E-state index contributed by atoms with van der Waals surface area (Å²) in [5.74, 6) is -1.60. The zero-order chi connectivity index (χ0) is 19.2. The second-order valence-electron chi connectivity index (χ2n) is 5.57. The molecule has 8 nitrogen and oxygen atoms in total. The van der Waals surface area contributed by atoms with E-state index in [4.69, 9.17) is 9.47 Å². The van der Waals surface area contributed by atoms with Gasteiger partial charge in [0.15, 0.2) is 13.2 Å². The summed E-state index contributed by atoms with van der Waals surface area (Å²) in [6.07, 6.45) is -0.0910. The van der Waals surface area contributed by atoms with E-state index in [9.17, 15) is 19.2 Å². The molecular formula is C18H16N2O6S. The Hall–Kier alpha value is -3.20. The molecule has 0 unspecified atom stereocenters. The summed E-state index contributed by atoms with van der Waals surface area (Å²) in [6, 6.07) is 10.3. The van der Waals surface area contributed by atoms with E-state index < -0.39 is 24.4 Å². The average molecular weight is 388 g/mol. The van der Waals surface area contributed by atoms with Crippen molar-refractivity contribution in [3.63, 3.8) is 0 Å². The summed E-state index contributed by atoms with van der Waals surface area (Å²) in [5.41, 5.74) is 0.584. The maximum atomic E-state index is 12.0. The van der Waals surface area contributed by atoms with E-state index >= 15 is 0 Å². The van der Waals surface area contributed by atoms with Crippen LogP contribution in [0.3, 0.4) is 0 Å². The average Bonchev–Trinajstić information content (AvgIpc) is 3.20. The number of anilines is 1. The highest BCUT2D eigenvalue weighted by Crippen LogP contribution is 2.31. The minimum Gasteiger partial charge on any atom is -0.482 e. The maximum Gasteiger partial charge on any atom is 0.308 e. The predicted octanol–water partition coefficient (Wildman–Crippen LogP) is 1.36. The smallest absolute Gasteiger partial charge is 0.308 e. The summed E-state index contributed by atoms with van der Waals surface area (Å²) in [5, 5.41) is 3.85. The van der Waals surface area contributed by atoms with Crippen LogP contribution in [-0.4, -0.2) is 43.4 Å². The fourth-order valence-corrected chi connectivity index (χ4v) is 3.07. The Morgan fingerprint density at radius 1 is 1.19 bits per heavy atom. The molecule has 2 aromatic rings. The lowest BCUT2D eigenvalue weighted by Crippen LogP contribution is -2.40. The molecule has 3 rings (SSSR count). The van der Waals surface area contributed by atoms with Crippen molar-refractivity contribution in [1.29, 1.82) is 0 Å². The first kappa shape index (κ1) is 18.6. The van der Waals surface area contributed by atoms with Crippen LogP contribution in [0.15, 0.2) is 41.8 Å². The Balaban J connectivity index is 1.45. The number of fused-ring (bicyclic) bond motifs is 1. The van der Waals surface area contributed by atoms with Crippen molar-refractivity contribution in [3.05, 3.63) is 46.7 Å². The minimum atomic E-state index is -0.713. The third-order valence-corrected chi connectivity index (χ3v) is 4.58. The Morgan fingerprint density at radius 3 is 2.78 bits per heavy atom. The van der Waals surface area contributed by atoms with Crippen LogP contribution in [0.2, 0.25) is 0 Å². The highest BCUT2D eigenvalue weighted by Gasteiger charge is 2.25. The van der Waals surface area contributed by atoms with Crippen LogP contribution in [0.4, 0.5) is 5.69 Å². The number of amides is 3. The van der Waals surface area contributed by atoms with E-state index in [-0.39, 0.29) is 25.5 Å². The number of hydrogen-bond donors (Lipinski definition) is 1. The van der Waals surface area contributed by atoms with Crippen molar-refractivity contribution in [2.45, 2.75) is 6.42 Å². The molecule has 27 heavy (non-hydrogen) atoms. The number of imide groups is 1. The van der Waals surface area contributed by atoms with Crippen molar-refractivity contribution >= 4 is 40.7 Å². The second-order valence-corrected chi connectivity index (χ2v) is 6.51. The molecule has 0 radical (unpaired) electrons. The minimum absolute atomic E-state index is 0.0910. The number of carbonyl (C=O) groups is 4. The first-order valence-electron chi connectivity index (χ1n) is 8.10. The standard InChI is InChI=1S/C18H16N2O6S/c21-15(19-18(24)14-6-3-9-27-14)10-26-17(23)7-8-20-12-4-1-2-5-13(12)25-11-16(20)22/h1-6,9H,7-8,10-11H2,(H,19,21,24). The molecule has 0 saturated carbocycles. The maximum absolute atomic E-state index is 12.0. The Kier molecular flexibility index (Phi) is 5.82. The van der Waals surface area contributed by atoms with E-state index in [0.29, 0.717) is 16.3 Å². The number of hydrogen-bond acceptors (Lipinski definition) is 7. The van der Waals surface area contributed by atoms with Gasteiger partial charge in [0.1, 0.15) is 5.75 Å². The molecule has 1 aromatic heterocycles. The van der Waals surface area contributed by atoms with Gasteiger partial charge in [0, 0.05) is 6.54 Å². The van der Waals surface area contributed by atoms with Gasteiger partial charge >= 0.3 is 5.97 Å². The van der Waals surface area contributed by atoms with E-state index in [1.165, 1.54) is 16.2 Å². The number of esters is 1. The van der Waals surface area contributed by atoms with Gasteiger partial charge in [0.05, 0.1) is 17.0 Å². The van der Waals surface area contributed by atoms with Crippen LogP contribution in [0, 0.1) is 0 Å². The van der Waals surface area contributed by atoms with Gasteiger partial charge in [0.25, 0.3) is 17.7 Å². The topological polar surface area (TPSA) is 102 Å². The zero-order valence-electron chi connectivity index (χ0n) is 14.2. The molecule has 3 amide bonds. The molecule has 0 fully saturated rings. The molecule has 0 aliphatic carbocycles. The van der Waals surface area contributed by atoms with Gasteiger partial charge in [0.2, 0.25) is 0 Å². The summed E-state index contributed by atoms with van der Waals surface area (Å²) >= 11 is 1.20. The third-order valence-electron chi connectivity index (χ3n) is 3.71. The SMILES string of the molecule is O=C(COC(=O)CCN1C(=O)COc2ccccc21)NC(=O)c1cccs1. The van der Waals surface area contributed by atoms with Crippen molar-refractivity contribution in [2.24, 2.45) is 0 Å². The molecule has 140 valence electrons. The van der Waals surface area contributed by atoms with Gasteiger partial charge in [-0.2, -0.15) is 0 Å². The number of rotatable bonds is 6. The van der Waals surface area contributed by atoms with E-state index in [1.807, 2.05) is 0 Å². The Labute approximate surface area is 158 Å². The lowest BCUT2D eigenvalue weighted by molar-refractivity contribution is -0.148. The first-order chi connectivity index (χ1) is 13.0. The second kappa shape index (κ2) is 8.45. The fraction of sp³-hybridized carbons (Fsp3) is 0.222. The largest absolute Gasteiger partial charge is 0.482 e. The van der Waals surface area contributed by atoms with Gasteiger partial charge in [-0.25, -0.2) is 0 Å². The number of para-hydroxylation sites is 2. The molecule has 1 aromatic carbocycles. The summed E-state index contributed by atoms with van der Waals surface area (Å²) in [6.45, 7) is -0.559. The van der Waals surface area contributed by atoms with E-state index in [0.717, 1.165) is 0 Å². The van der Waals surface area contributed by atoms with E-state index in [1.54, 1.807) is 41.8 Å². The van der Waals surface area contributed by atoms with Gasteiger partial charge in [-0.1, -0.05) is 18.2 Å². The molecule has 1 aliphatic rings.